The molecule has 0 heterocycles. The summed E-state index contributed by atoms with van der Waals surface area (Å²) in [6, 6.07) is 12.5. The number of anilines is 1. The van der Waals surface area contributed by atoms with E-state index in [4.69, 9.17) is 0 Å². The van der Waals surface area contributed by atoms with Gasteiger partial charge in [0.15, 0.2) is 0 Å². The number of nitrogens with one attached hydrogen (secondary N) is 1. The van der Waals surface area contributed by atoms with E-state index in [1.54, 1.807) is 37.4 Å². The number of hydrogen-bond donors (Lipinski definition) is 1. The van der Waals surface area contributed by atoms with Gasteiger partial charge in [-0.1, -0.05) is 24.3 Å². The molecular formula is C15H17FN2O2S. The largest absolute Gasteiger partial charge is 0.316 e. The molecule has 0 aliphatic carbocycles. The van der Waals surface area contributed by atoms with Gasteiger partial charge in [0.25, 0.3) is 10.0 Å². The average molecular weight is 308 g/mol. The maximum absolute atomic E-state index is 13.5. The fourth-order valence-electron chi connectivity index (χ4n) is 2.03. The minimum Gasteiger partial charge on any atom is -0.316 e. The summed E-state index contributed by atoms with van der Waals surface area (Å²) in [7, 11) is -0.648. The molecule has 0 aromatic heterocycles. The van der Waals surface area contributed by atoms with Gasteiger partial charge in [0, 0.05) is 13.6 Å². The third-order valence-electron chi connectivity index (χ3n) is 3.15. The van der Waals surface area contributed by atoms with E-state index in [0.29, 0.717) is 17.8 Å². The van der Waals surface area contributed by atoms with Crippen molar-refractivity contribution in [2.24, 2.45) is 0 Å². The van der Waals surface area contributed by atoms with Crippen molar-refractivity contribution in [2.45, 2.75) is 11.4 Å². The van der Waals surface area contributed by atoms with Crippen molar-refractivity contribution in [3.05, 3.63) is 59.9 Å². The molecule has 4 nitrogen and oxygen atoms in total. The first-order chi connectivity index (χ1) is 9.96. The molecule has 0 saturated heterocycles. The van der Waals surface area contributed by atoms with Gasteiger partial charge in [-0.05, 0) is 36.9 Å². The summed E-state index contributed by atoms with van der Waals surface area (Å²) in [5.74, 6) is -0.574. The van der Waals surface area contributed by atoms with Crippen LogP contribution in [0.5, 0.6) is 0 Å². The molecule has 0 radical (unpaired) electrons. The maximum atomic E-state index is 13.5. The third kappa shape index (κ3) is 3.22. The fourth-order valence-corrected chi connectivity index (χ4v) is 3.46. The summed E-state index contributed by atoms with van der Waals surface area (Å²) in [6.07, 6.45) is 0. The highest BCUT2D eigenvalue weighted by molar-refractivity contribution is 7.92. The molecule has 0 amide bonds. The standard InChI is InChI=1S/C15H17FN2O2S/c1-17-11-12-8-9-13(16)10-15(12)21(19,20)18(2)14-6-4-3-5-7-14/h3-10,17H,11H2,1-2H3. The van der Waals surface area contributed by atoms with Gasteiger partial charge in [0.05, 0.1) is 10.6 Å². The molecule has 0 aliphatic heterocycles. The SMILES string of the molecule is CNCc1ccc(F)cc1S(=O)(=O)N(C)c1ccccc1. The van der Waals surface area contributed by atoms with E-state index in [1.807, 2.05) is 0 Å². The molecule has 1 N–H and O–H groups in total. The summed E-state index contributed by atoms with van der Waals surface area (Å²) in [5, 5.41) is 2.89. The van der Waals surface area contributed by atoms with Gasteiger partial charge in [-0.15, -0.1) is 0 Å². The van der Waals surface area contributed by atoms with Crippen LogP contribution in [0, 0.1) is 5.82 Å². The zero-order chi connectivity index (χ0) is 15.5. The van der Waals surface area contributed by atoms with E-state index < -0.39 is 15.8 Å². The molecule has 6 heteroatoms. The summed E-state index contributed by atoms with van der Waals surface area (Å²) < 4.78 is 40.1. The number of halogens is 1. The Labute approximate surface area is 124 Å². The minimum absolute atomic E-state index is 0.0248. The van der Waals surface area contributed by atoms with Gasteiger partial charge < -0.3 is 5.32 Å². The molecule has 0 saturated carbocycles. The predicted octanol–water partition coefficient (Wildman–Crippen LogP) is 2.37. The van der Waals surface area contributed by atoms with Crippen LogP contribution >= 0.6 is 0 Å². The lowest BCUT2D eigenvalue weighted by Crippen LogP contribution is -2.28. The molecular weight excluding hydrogens is 291 g/mol. The number of hydrogen-bond acceptors (Lipinski definition) is 3. The third-order valence-corrected chi connectivity index (χ3v) is 5.02. The highest BCUT2D eigenvalue weighted by atomic mass is 32.2. The molecule has 2 rings (SSSR count). The summed E-state index contributed by atoms with van der Waals surface area (Å²) in [4.78, 5) is -0.0248. The van der Waals surface area contributed by atoms with Crippen molar-refractivity contribution >= 4 is 15.7 Å². The van der Waals surface area contributed by atoms with E-state index >= 15 is 0 Å². The molecule has 0 atom stereocenters. The van der Waals surface area contributed by atoms with Crippen LogP contribution in [0.1, 0.15) is 5.56 Å². The van der Waals surface area contributed by atoms with E-state index in [1.165, 1.54) is 19.2 Å². The highest BCUT2D eigenvalue weighted by Crippen LogP contribution is 2.25. The molecule has 21 heavy (non-hydrogen) atoms. The van der Waals surface area contributed by atoms with E-state index in [0.717, 1.165) is 10.4 Å². The molecule has 0 unspecified atom stereocenters. The van der Waals surface area contributed by atoms with Crippen LogP contribution in [0.4, 0.5) is 10.1 Å². The predicted molar refractivity (Wildman–Crippen MR) is 81.2 cm³/mol. The highest BCUT2D eigenvalue weighted by Gasteiger charge is 2.24. The van der Waals surface area contributed by atoms with Crippen molar-refractivity contribution in [3.8, 4) is 0 Å². The van der Waals surface area contributed by atoms with E-state index in [9.17, 15) is 12.8 Å². The molecule has 0 bridgehead atoms. The molecule has 2 aromatic rings. The lowest BCUT2D eigenvalue weighted by Gasteiger charge is -2.21. The van der Waals surface area contributed by atoms with Crippen LogP contribution in [0.2, 0.25) is 0 Å². The Balaban J connectivity index is 2.51. The zero-order valence-electron chi connectivity index (χ0n) is 11.9. The van der Waals surface area contributed by atoms with Crippen molar-refractivity contribution in [2.75, 3.05) is 18.4 Å². The Bertz CT molecular complexity index is 718. The Morgan fingerprint density at radius 2 is 1.81 bits per heavy atom. The Kier molecular flexibility index (Phi) is 4.59. The van der Waals surface area contributed by atoms with Crippen LogP contribution in [0.15, 0.2) is 53.4 Å². The van der Waals surface area contributed by atoms with Gasteiger partial charge in [-0.2, -0.15) is 0 Å². The van der Waals surface area contributed by atoms with Gasteiger partial charge in [0.2, 0.25) is 0 Å². The second-order valence-corrected chi connectivity index (χ2v) is 6.53. The van der Waals surface area contributed by atoms with Crippen molar-refractivity contribution in [1.29, 1.82) is 0 Å². The fraction of sp³-hybridized carbons (Fsp3) is 0.200. The summed E-state index contributed by atoms with van der Waals surface area (Å²) in [6.45, 7) is 0.345. The Morgan fingerprint density at radius 1 is 1.14 bits per heavy atom. The summed E-state index contributed by atoms with van der Waals surface area (Å²) >= 11 is 0. The van der Waals surface area contributed by atoms with Crippen molar-refractivity contribution in [3.63, 3.8) is 0 Å². The average Bonchev–Trinajstić information content (AvgIpc) is 2.49. The maximum Gasteiger partial charge on any atom is 0.264 e. The Morgan fingerprint density at radius 3 is 2.43 bits per heavy atom. The topological polar surface area (TPSA) is 49.4 Å². The molecule has 0 fully saturated rings. The van der Waals surface area contributed by atoms with Gasteiger partial charge >= 0.3 is 0 Å². The summed E-state index contributed by atoms with van der Waals surface area (Å²) in [5.41, 5.74) is 1.05. The number of sulfonamides is 1. The smallest absolute Gasteiger partial charge is 0.264 e. The van der Waals surface area contributed by atoms with Gasteiger partial charge in [-0.3, -0.25) is 4.31 Å². The van der Waals surface area contributed by atoms with Gasteiger partial charge in [0.1, 0.15) is 5.82 Å². The number of para-hydroxylation sites is 1. The lowest BCUT2D eigenvalue weighted by atomic mass is 10.2. The van der Waals surface area contributed by atoms with E-state index in [2.05, 4.69) is 5.32 Å². The molecule has 112 valence electrons. The first-order valence-corrected chi connectivity index (χ1v) is 7.88. The van der Waals surface area contributed by atoms with Crippen LogP contribution < -0.4 is 9.62 Å². The van der Waals surface area contributed by atoms with Crippen LogP contribution in [-0.4, -0.2) is 22.5 Å². The second-order valence-electron chi connectivity index (χ2n) is 4.59. The normalized spacial score (nSPS) is 11.4. The van der Waals surface area contributed by atoms with Crippen LogP contribution in [0.3, 0.4) is 0 Å². The molecule has 0 aliphatic rings. The minimum atomic E-state index is -3.81. The lowest BCUT2D eigenvalue weighted by molar-refractivity contribution is 0.586. The zero-order valence-corrected chi connectivity index (χ0v) is 12.7. The van der Waals surface area contributed by atoms with Crippen molar-refractivity contribution < 1.29 is 12.8 Å². The van der Waals surface area contributed by atoms with Gasteiger partial charge in [-0.25, -0.2) is 12.8 Å². The molecule has 2 aromatic carbocycles. The first kappa shape index (κ1) is 15.5. The molecule has 0 spiro atoms. The Hall–Kier alpha value is -1.92. The van der Waals surface area contributed by atoms with Crippen LogP contribution in [-0.2, 0) is 16.6 Å². The first-order valence-electron chi connectivity index (χ1n) is 6.44. The number of rotatable bonds is 5. The van der Waals surface area contributed by atoms with E-state index in [-0.39, 0.29) is 4.90 Å². The number of benzene rings is 2. The number of nitrogens with zero attached hydrogens (tertiary/aromatic N) is 1. The van der Waals surface area contributed by atoms with Crippen molar-refractivity contribution in [1.82, 2.24) is 5.32 Å². The van der Waals surface area contributed by atoms with Crippen LogP contribution in [0.25, 0.3) is 0 Å². The monoisotopic (exact) mass is 308 g/mol. The quantitative estimate of drug-likeness (QED) is 0.922. The second kappa shape index (κ2) is 6.24.